The largest absolute Gasteiger partial charge is 0.491 e. The molecule has 0 unspecified atom stereocenters. The third-order valence-electron chi connectivity index (χ3n) is 2.81. The van der Waals surface area contributed by atoms with Crippen LogP contribution in [0.4, 0.5) is 0 Å². The third kappa shape index (κ3) is 3.25. The number of rotatable bonds is 4. The minimum atomic E-state index is -0.151. The first-order valence-corrected chi connectivity index (χ1v) is 6.24. The van der Waals surface area contributed by atoms with Crippen molar-refractivity contribution in [2.45, 2.75) is 13.0 Å². The summed E-state index contributed by atoms with van der Waals surface area (Å²) in [4.78, 5) is 0. The fourth-order valence-electron chi connectivity index (χ4n) is 1.70. The molecule has 2 N–H and O–H groups in total. The molecule has 0 fully saturated rings. The molecule has 0 radical (unpaired) electrons. The molecule has 0 aliphatic carbocycles. The molecule has 2 nitrogen and oxygen atoms in total. The first kappa shape index (κ1) is 12.9. The topological polar surface area (TPSA) is 35.2 Å². The van der Waals surface area contributed by atoms with Crippen LogP contribution in [0.3, 0.4) is 0 Å². The van der Waals surface area contributed by atoms with E-state index in [1.54, 1.807) is 0 Å². The number of halogens is 1. The zero-order valence-corrected chi connectivity index (χ0v) is 11.0. The molecule has 0 aromatic heterocycles. The molecule has 0 spiro atoms. The number of benzene rings is 2. The van der Waals surface area contributed by atoms with E-state index in [0.717, 1.165) is 16.9 Å². The summed E-state index contributed by atoms with van der Waals surface area (Å²) in [6, 6.07) is 15.3. The molecular weight excluding hydrogens is 246 g/mol. The van der Waals surface area contributed by atoms with E-state index in [1.807, 2.05) is 55.5 Å². The number of ether oxygens (including phenoxy) is 1. The van der Waals surface area contributed by atoms with Crippen molar-refractivity contribution in [3.05, 3.63) is 64.7 Å². The third-order valence-corrected chi connectivity index (χ3v) is 3.06. The van der Waals surface area contributed by atoms with Crippen molar-refractivity contribution in [2.75, 3.05) is 6.61 Å². The lowest BCUT2D eigenvalue weighted by molar-refractivity contribution is 0.289. The van der Waals surface area contributed by atoms with Gasteiger partial charge in [0.25, 0.3) is 0 Å². The van der Waals surface area contributed by atoms with Gasteiger partial charge in [-0.25, -0.2) is 0 Å². The molecule has 0 aliphatic heterocycles. The molecule has 1 atom stereocenters. The summed E-state index contributed by atoms with van der Waals surface area (Å²) in [6.45, 7) is 2.47. The predicted molar refractivity (Wildman–Crippen MR) is 75.1 cm³/mol. The van der Waals surface area contributed by atoms with Crippen LogP contribution < -0.4 is 10.5 Å². The van der Waals surface area contributed by atoms with E-state index in [4.69, 9.17) is 22.1 Å². The Morgan fingerprint density at radius 1 is 1.11 bits per heavy atom. The number of aryl methyl sites for hydroxylation is 1. The van der Waals surface area contributed by atoms with E-state index in [9.17, 15) is 0 Å². The predicted octanol–water partition coefficient (Wildman–Crippen LogP) is 3.73. The van der Waals surface area contributed by atoms with Gasteiger partial charge in [0, 0.05) is 5.02 Å². The van der Waals surface area contributed by atoms with Gasteiger partial charge < -0.3 is 10.5 Å². The van der Waals surface area contributed by atoms with Gasteiger partial charge in [0.15, 0.2) is 0 Å². The summed E-state index contributed by atoms with van der Waals surface area (Å²) in [5.41, 5.74) is 8.21. The summed E-state index contributed by atoms with van der Waals surface area (Å²) >= 11 is 5.84. The Morgan fingerprint density at radius 3 is 2.44 bits per heavy atom. The Morgan fingerprint density at radius 2 is 1.78 bits per heavy atom. The van der Waals surface area contributed by atoms with Crippen molar-refractivity contribution < 1.29 is 4.74 Å². The highest BCUT2D eigenvalue weighted by Gasteiger charge is 2.07. The van der Waals surface area contributed by atoms with Crippen molar-refractivity contribution in [1.82, 2.24) is 0 Å². The molecule has 0 saturated carbocycles. The fraction of sp³-hybridized carbons (Fsp3) is 0.200. The molecular formula is C15H16ClNO. The van der Waals surface area contributed by atoms with Gasteiger partial charge in [0.05, 0.1) is 6.04 Å². The summed E-state index contributed by atoms with van der Waals surface area (Å²) in [6.07, 6.45) is 0. The first-order valence-electron chi connectivity index (χ1n) is 5.86. The zero-order chi connectivity index (χ0) is 13.0. The van der Waals surface area contributed by atoms with E-state index < -0.39 is 0 Å². The maximum Gasteiger partial charge on any atom is 0.122 e. The van der Waals surface area contributed by atoms with E-state index in [-0.39, 0.29) is 6.04 Å². The van der Waals surface area contributed by atoms with Gasteiger partial charge in [-0.3, -0.25) is 0 Å². The number of hydrogen-bond acceptors (Lipinski definition) is 2. The minimum Gasteiger partial charge on any atom is -0.491 e. The van der Waals surface area contributed by atoms with Gasteiger partial charge in [-0.1, -0.05) is 41.9 Å². The van der Waals surface area contributed by atoms with Crippen LogP contribution in [0.25, 0.3) is 0 Å². The van der Waals surface area contributed by atoms with Gasteiger partial charge in [-0.2, -0.15) is 0 Å². The maximum atomic E-state index is 6.07. The van der Waals surface area contributed by atoms with Crippen LogP contribution >= 0.6 is 11.6 Å². The molecule has 2 aromatic carbocycles. The lowest BCUT2D eigenvalue weighted by Gasteiger charge is -2.15. The minimum absolute atomic E-state index is 0.151. The normalized spacial score (nSPS) is 12.2. The van der Waals surface area contributed by atoms with Gasteiger partial charge in [-0.15, -0.1) is 0 Å². The highest BCUT2D eigenvalue weighted by molar-refractivity contribution is 6.30. The second-order valence-electron chi connectivity index (χ2n) is 4.23. The van der Waals surface area contributed by atoms with E-state index in [0.29, 0.717) is 11.6 Å². The summed E-state index contributed by atoms with van der Waals surface area (Å²) in [5, 5.41) is 0.714. The second kappa shape index (κ2) is 5.89. The Bertz CT molecular complexity index is 510. The molecule has 2 rings (SSSR count). The summed E-state index contributed by atoms with van der Waals surface area (Å²) in [5.74, 6) is 0.877. The van der Waals surface area contributed by atoms with Crippen LogP contribution in [0.15, 0.2) is 48.5 Å². The molecule has 3 heteroatoms. The Hall–Kier alpha value is -1.51. The Labute approximate surface area is 112 Å². The average molecular weight is 262 g/mol. The lowest BCUT2D eigenvalue weighted by atomic mass is 10.1. The first-order chi connectivity index (χ1) is 8.66. The van der Waals surface area contributed by atoms with Crippen molar-refractivity contribution in [1.29, 1.82) is 0 Å². The van der Waals surface area contributed by atoms with E-state index >= 15 is 0 Å². The summed E-state index contributed by atoms with van der Waals surface area (Å²) in [7, 11) is 0. The van der Waals surface area contributed by atoms with Gasteiger partial charge in [-0.05, 0) is 36.2 Å². The molecule has 0 amide bonds. The molecule has 0 bridgehead atoms. The van der Waals surface area contributed by atoms with Crippen LogP contribution in [0, 0.1) is 6.92 Å². The van der Waals surface area contributed by atoms with Crippen LogP contribution in [0.5, 0.6) is 5.75 Å². The van der Waals surface area contributed by atoms with Gasteiger partial charge in [0.2, 0.25) is 0 Å². The number of nitrogens with two attached hydrogens (primary N) is 1. The standard InChI is InChI=1S/C15H16ClNO/c1-11-4-2-3-5-15(11)18-10-14(17)12-6-8-13(16)9-7-12/h2-9,14H,10,17H2,1H3/t14-/m0/s1. The van der Waals surface area contributed by atoms with Gasteiger partial charge >= 0.3 is 0 Å². The molecule has 0 heterocycles. The van der Waals surface area contributed by atoms with Crippen LogP contribution in [-0.2, 0) is 0 Å². The number of para-hydroxylation sites is 1. The Balaban J connectivity index is 1.98. The van der Waals surface area contributed by atoms with Crippen LogP contribution in [0.2, 0.25) is 5.02 Å². The lowest BCUT2D eigenvalue weighted by Crippen LogP contribution is -2.19. The fourth-order valence-corrected chi connectivity index (χ4v) is 1.83. The van der Waals surface area contributed by atoms with E-state index in [1.165, 1.54) is 0 Å². The van der Waals surface area contributed by atoms with Crippen molar-refractivity contribution in [3.63, 3.8) is 0 Å². The van der Waals surface area contributed by atoms with Crippen LogP contribution in [-0.4, -0.2) is 6.61 Å². The monoisotopic (exact) mass is 261 g/mol. The highest BCUT2D eigenvalue weighted by Crippen LogP contribution is 2.19. The van der Waals surface area contributed by atoms with Crippen molar-refractivity contribution in [2.24, 2.45) is 5.73 Å². The Kier molecular flexibility index (Phi) is 4.24. The maximum absolute atomic E-state index is 6.07. The average Bonchev–Trinajstić information content (AvgIpc) is 2.38. The highest BCUT2D eigenvalue weighted by atomic mass is 35.5. The number of hydrogen-bond donors (Lipinski definition) is 1. The molecule has 0 saturated heterocycles. The smallest absolute Gasteiger partial charge is 0.122 e. The zero-order valence-electron chi connectivity index (χ0n) is 10.3. The molecule has 2 aromatic rings. The SMILES string of the molecule is Cc1ccccc1OC[C@H](N)c1ccc(Cl)cc1. The van der Waals surface area contributed by atoms with Gasteiger partial charge in [0.1, 0.15) is 12.4 Å². The summed E-state index contributed by atoms with van der Waals surface area (Å²) < 4.78 is 5.73. The van der Waals surface area contributed by atoms with Crippen molar-refractivity contribution in [3.8, 4) is 5.75 Å². The molecule has 94 valence electrons. The molecule has 18 heavy (non-hydrogen) atoms. The van der Waals surface area contributed by atoms with Crippen LogP contribution in [0.1, 0.15) is 17.2 Å². The van der Waals surface area contributed by atoms with E-state index in [2.05, 4.69) is 0 Å². The van der Waals surface area contributed by atoms with Crippen molar-refractivity contribution >= 4 is 11.6 Å². The second-order valence-corrected chi connectivity index (χ2v) is 4.67. The quantitative estimate of drug-likeness (QED) is 0.910. The molecule has 0 aliphatic rings.